The van der Waals surface area contributed by atoms with Crippen LogP contribution < -0.4 is 20.9 Å². The number of Topliss-reactive ketones (excluding diaryl/α,β-unsaturated/α-hetero) is 1. The summed E-state index contributed by atoms with van der Waals surface area (Å²) in [6.45, 7) is 2.70. The van der Waals surface area contributed by atoms with E-state index in [4.69, 9.17) is 15.2 Å². The maximum absolute atomic E-state index is 15.1. The van der Waals surface area contributed by atoms with Gasteiger partial charge < -0.3 is 25.4 Å². The van der Waals surface area contributed by atoms with Crippen LogP contribution in [0.15, 0.2) is 30.6 Å². The first-order valence-electron chi connectivity index (χ1n) is 12.3. The molecule has 0 bridgehead atoms. The second-order valence-electron chi connectivity index (χ2n) is 9.18. The fraction of sp³-hybridized carbons (Fsp3) is 0.440. The highest BCUT2D eigenvalue weighted by atomic mass is 19.1. The van der Waals surface area contributed by atoms with Gasteiger partial charge >= 0.3 is 12.1 Å². The van der Waals surface area contributed by atoms with Gasteiger partial charge in [0.1, 0.15) is 18.0 Å². The Morgan fingerprint density at radius 1 is 1.21 bits per heavy atom. The summed E-state index contributed by atoms with van der Waals surface area (Å²) >= 11 is 0. The second-order valence-corrected chi connectivity index (χ2v) is 9.18. The summed E-state index contributed by atoms with van der Waals surface area (Å²) in [5.74, 6) is -1.17. The largest absolute Gasteiger partial charge is 0.468 e. The molecule has 0 spiro atoms. The number of cyclic esters (lactones) is 1. The van der Waals surface area contributed by atoms with Gasteiger partial charge in [-0.1, -0.05) is 0 Å². The van der Waals surface area contributed by atoms with E-state index in [9.17, 15) is 19.2 Å². The SMILES string of the molecule is COC(=O)CN1CCN(c2ncc(-c3ccc(N4C[C@H](CNC(C)=O)OC4=O)cc3F)cn2)C(C(=O)CN)C1. The van der Waals surface area contributed by atoms with Crippen LogP contribution in [0.25, 0.3) is 11.1 Å². The summed E-state index contributed by atoms with van der Waals surface area (Å²) in [4.78, 5) is 61.2. The fourth-order valence-corrected chi connectivity index (χ4v) is 4.49. The van der Waals surface area contributed by atoms with E-state index in [1.807, 2.05) is 4.90 Å². The van der Waals surface area contributed by atoms with Gasteiger partial charge in [0.05, 0.1) is 39.0 Å². The van der Waals surface area contributed by atoms with Crippen LogP contribution in [0, 0.1) is 5.82 Å². The zero-order valence-corrected chi connectivity index (χ0v) is 21.6. The number of rotatable bonds is 9. The molecule has 0 saturated carbocycles. The molecular formula is C25H30FN7O6. The van der Waals surface area contributed by atoms with Crippen LogP contribution in [0.4, 0.5) is 20.8 Å². The first kappa shape index (κ1) is 27.9. The average Bonchev–Trinajstić information content (AvgIpc) is 3.31. The van der Waals surface area contributed by atoms with Crippen molar-refractivity contribution in [1.82, 2.24) is 20.2 Å². The molecule has 1 aromatic carbocycles. The number of carbonyl (C=O) groups excluding carboxylic acids is 4. The van der Waals surface area contributed by atoms with Crippen LogP contribution in [0.5, 0.6) is 0 Å². The molecule has 2 amide bonds. The van der Waals surface area contributed by atoms with Crippen molar-refractivity contribution in [2.75, 3.05) is 62.7 Å². The smallest absolute Gasteiger partial charge is 0.414 e. The molecular weight excluding hydrogens is 513 g/mol. The number of ether oxygens (including phenoxy) is 2. The first-order valence-corrected chi connectivity index (χ1v) is 12.3. The molecule has 3 N–H and O–H groups in total. The fourth-order valence-electron chi connectivity index (χ4n) is 4.49. The molecule has 2 aromatic rings. The quantitative estimate of drug-likeness (QED) is 0.408. The maximum atomic E-state index is 15.1. The summed E-state index contributed by atoms with van der Waals surface area (Å²) in [6.07, 6.45) is 1.75. The van der Waals surface area contributed by atoms with Gasteiger partial charge in [0.2, 0.25) is 11.9 Å². The van der Waals surface area contributed by atoms with Crippen molar-refractivity contribution in [3.05, 3.63) is 36.4 Å². The number of nitrogens with one attached hydrogen (secondary N) is 1. The van der Waals surface area contributed by atoms with E-state index in [-0.39, 0.29) is 55.9 Å². The van der Waals surface area contributed by atoms with Crippen LogP contribution in [0.2, 0.25) is 0 Å². The molecule has 14 heteroatoms. The monoisotopic (exact) mass is 543 g/mol. The molecule has 13 nitrogen and oxygen atoms in total. The number of aromatic nitrogens is 2. The number of hydrogen-bond acceptors (Lipinski definition) is 11. The third-order valence-electron chi connectivity index (χ3n) is 6.54. The van der Waals surface area contributed by atoms with Crippen molar-refractivity contribution in [2.24, 2.45) is 5.73 Å². The minimum absolute atomic E-state index is 0.0544. The summed E-state index contributed by atoms with van der Waals surface area (Å²) < 4.78 is 25.1. The normalized spacial score (nSPS) is 19.5. The zero-order chi connectivity index (χ0) is 28.1. The van der Waals surface area contributed by atoms with E-state index in [1.54, 1.807) is 11.0 Å². The van der Waals surface area contributed by atoms with E-state index in [2.05, 4.69) is 15.3 Å². The van der Waals surface area contributed by atoms with E-state index >= 15 is 4.39 Å². The van der Waals surface area contributed by atoms with E-state index in [0.29, 0.717) is 24.3 Å². The Morgan fingerprint density at radius 2 is 1.95 bits per heavy atom. The zero-order valence-electron chi connectivity index (χ0n) is 21.6. The van der Waals surface area contributed by atoms with Gasteiger partial charge in [0.15, 0.2) is 5.78 Å². The van der Waals surface area contributed by atoms with Crippen LogP contribution >= 0.6 is 0 Å². The molecule has 1 unspecified atom stereocenters. The van der Waals surface area contributed by atoms with Gasteiger partial charge in [-0.25, -0.2) is 19.2 Å². The first-order chi connectivity index (χ1) is 18.7. The van der Waals surface area contributed by atoms with Crippen molar-refractivity contribution in [1.29, 1.82) is 0 Å². The van der Waals surface area contributed by atoms with Crippen LogP contribution in [-0.2, 0) is 23.9 Å². The molecule has 1 aromatic heterocycles. The lowest BCUT2D eigenvalue weighted by molar-refractivity contribution is -0.142. The minimum Gasteiger partial charge on any atom is -0.468 e. The number of nitrogens with two attached hydrogens (primary N) is 1. The van der Waals surface area contributed by atoms with Crippen molar-refractivity contribution in [2.45, 2.75) is 19.1 Å². The Labute approximate surface area is 224 Å². The number of piperazine rings is 1. The number of benzene rings is 1. The number of ketones is 1. The molecule has 2 aliphatic rings. The number of carbonyl (C=O) groups is 4. The van der Waals surface area contributed by atoms with Crippen molar-refractivity contribution in [3.63, 3.8) is 0 Å². The predicted octanol–water partition coefficient (Wildman–Crippen LogP) is -0.0646. The molecule has 3 heterocycles. The van der Waals surface area contributed by atoms with Crippen molar-refractivity contribution < 1.29 is 33.0 Å². The number of hydrogen-bond donors (Lipinski definition) is 2. The van der Waals surface area contributed by atoms with Crippen LogP contribution in [0.1, 0.15) is 6.92 Å². The Balaban J connectivity index is 1.47. The van der Waals surface area contributed by atoms with Gasteiger partial charge in [0.25, 0.3) is 0 Å². The molecule has 39 heavy (non-hydrogen) atoms. The van der Waals surface area contributed by atoms with Crippen LogP contribution in [-0.4, -0.2) is 104 Å². The number of methoxy groups -OCH3 is 1. The van der Waals surface area contributed by atoms with Crippen molar-refractivity contribution >= 4 is 35.4 Å². The van der Waals surface area contributed by atoms with Gasteiger partial charge in [-0.3, -0.25) is 24.2 Å². The minimum atomic E-state index is -0.648. The Kier molecular flexibility index (Phi) is 8.66. The number of halogens is 1. The maximum Gasteiger partial charge on any atom is 0.414 e. The molecule has 4 rings (SSSR count). The van der Waals surface area contributed by atoms with E-state index < -0.39 is 30.0 Å². The van der Waals surface area contributed by atoms with E-state index in [0.717, 1.165) is 0 Å². The number of anilines is 2. The third-order valence-corrected chi connectivity index (χ3v) is 6.54. The highest BCUT2D eigenvalue weighted by Crippen LogP contribution is 2.29. The highest BCUT2D eigenvalue weighted by molar-refractivity contribution is 5.90. The van der Waals surface area contributed by atoms with Gasteiger partial charge in [-0.05, 0) is 18.2 Å². The highest BCUT2D eigenvalue weighted by Gasteiger charge is 2.35. The summed E-state index contributed by atoms with van der Waals surface area (Å²) in [5.41, 5.74) is 6.56. The molecule has 0 aliphatic carbocycles. The lowest BCUT2D eigenvalue weighted by Gasteiger charge is -2.40. The second kappa shape index (κ2) is 12.1. The van der Waals surface area contributed by atoms with Gasteiger partial charge in [-0.2, -0.15) is 0 Å². The summed E-state index contributed by atoms with van der Waals surface area (Å²) in [7, 11) is 1.30. The lowest BCUT2D eigenvalue weighted by Crippen LogP contribution is -2.59. The Bertz CT molecular complexity index is 1240. The average molecular weight is 544 g/mol. The molecule has 2 atom stereocenters. The molecule has 0 radical (unpaired) electrons. The van der Waals surface area contributed by atoms with E-state index in [1.165, 1.54) is 43.5 Å². The standard InChI is InChI=1S/C25H30FN7O6/c1-15(34)28-11-18-12-33(25(37)39-18)17-3-4-19(20(26)7-17)16-9-29-24(30-10-16)32-6-5-31(14-23(36)38-2)13-21(32)22(35)8-27/h3-4,7,9-10,18,21H,5-6,8,11-14,27H2,1-2H3,(H,28,34)/t18-,21?/m0/s1. The topological polar surface area (TPSA) is 160 Å². The van der Waals surface area contributed by atoms with Crippen LogP contribution in [0.3, 0.4) is 0 Å². The summed E-state index contributed by atoms with van der Waals surface area (Å²) in [5, 5.41) is 2.59. The molecule has 208 valence electrons. The lowest BCUT2D eigenvalue weighted by atomic mass is 10.1. The number of esters is 1. The number of amides is 2. The Hall–Kier alpha value is -4.17. The molecule has 2 fully saturated rings. The third kappa shape index (κ3) is 6.46. The Morgan fingerprint density at radius 3 is 2.59 bits per heavy atom. The number of nitrogens with zero attached hydrogens (tertiary/aromatic N) is 5. The van der Waals surface area contributed by atoms with Gasteiger partial charge in [0, 0.05) is 50.1 Å². The van der Waals surface area contributed by atoms with Gasteiger partial charge in [-0.15, -0.1) is 0 Å². The molecule has 2 saturated heterocycles. The van der Waals surface area contributed by atoms with Crippen molar-refractivity contribution in [3.8, 4) is 11.1 Å². The molecule has 2 aliphatic heterocycles. The predicted molar refractivity (Wildman–Crippen MR) is 137 cm³/mol. The summed E-state index contributed by atoms with van der Waals surface area (Å²) in [6, 6.07) is 3.68.